The first-order valence-electron chi connectivity index (χ1n) is 4.66. The molecule has 5 nitrogen and oxygen atoms in total. The summed E-state index contributed by atoms with van der Waals surface area (Å²) >= 11 is 1.97. The summed E-state index contributed by atoms with van der Waals surface area (Å²) in [4.78, 5) is 11.4. The molecule has 6 heteroatoms. The fraction of sp³-hybridized carbons (Fsp3) is 0.400. The van der Waals surface area contributed by atoms with Crippen LogP contribution in [0, 0.1) is 8.78 Å². The van der Waals surface area contributed by atoms with Gasteiger partial charge in [-0.15, -0.1) is 0 Å². The molecule has 1 heterocycles. The van der Waals surface area contributed by atoms with Crippen molar-refractivity contribution in [2.75, 3.05) is 5.32 Å². The first-order valence-corrected chi connectivity index (χ1v) is 5.74. The Balaban J connectivity index is 2.70. The van der Waals surface area contributed by atoms with E-state index < -0.39 is 11.7 Å². The third-order valence-corrected chi connectivity index (χ3v) is 2.38. The maximum atomic E-state index is 11.4. The quantitative estimate of drug-likeness (QED) is 0.486. The second kappa shape index (κ2) is 4.86. The number of carbonyl (C=O) groups is 1. The number of ether oxygens (including phenoxy) is 1. The summed E-state index contributed by atoms with van der Waals surface area (Å²) in [5.41, 5.74) is 0.0184. The van der Waals surface area contributed by atoms with E-state index in [1.54, 1.807) is 20.8 Å². The van der Waals surface area contributed by atoms with E-state index in [9.17, 15) is 10.0 Å². The van der Waals surface area contributed by atoms with Crippen LogP contribution in [0.5, 0.6) is 0 Å². The maximum absolute atomic E-state index is 11.4. The minimum atomic E-state index is -0.539. The molecule has 1 aromatic rings. The van der Waals surface area contributed by atoms with Crippen LogP contribution < -0.4 is 10.0 Å². The number of nitrogens with zero attached hydrogens (tertiary/aromatic N) is 1. The number of nitrogens with one attached hydrogen (secondary N) is 1. The van der Waals surface area contributed by atoms with Crippen LogP contribution >= 0.6 is 22.6 Å². The number of rotatable bonds is 1. The fourth-order valence-electron chi connectivity index (χ4n) is 0.967. The molecule has 0 fully saturated rings. The molecular weight excluding hydrogens is 323 g/mol. The van der Waals surface area contributed by atoms with Gasteiger partial charge in [0, 0.05) is 6.07 Å². The van der Waals surface area contributed by atoms with Gasteiger partial charge >= 0.3 is 6.09 Å². The number of amides is 1. The second-order valence-corrected chi connectivity index (χ2v) is 5.36. The summed E-state index contributed by atoms with van der Waals surface area (Å²) in [7, 11) is 0. The molecular formula is C10H13IN2O3. The number of hydrogen-bond donors (Lipinski definition) is 1. The standard InChI is InChI=1S/C10H13IN2O3/c1-10(2,3)16-9(14)12-8-4-5-13(15)6-7(8)11/h4-6H,1-3H3,(H,12,14). The number of aromatic nitrogens is 1. The molecule has 1 N–H and O–H groups in total. The Labute approximate surface area is 108 Å². The van der Waals surface area contributed by atoms with E-state index in [0.717, 1.165) is 0 Å². The Bertz CT molecular complexity index is 402. The van der Waals surface area contributed by atoms with Crippen molar-refractivity contribution in [1.29, 1.82) is 0 Å². The minimum absolute atomic E-state index is 0.533. The lowest BCUT2D eigenvalue weighted by Gasteiger charge is -2.19. The number of halogens is 1. The van der Waals surface area contributed by atoms with Crippen LogP contribution in [-0.2, 0) is 4.74 Å². The average molecular weight is 336 g/mol. The monoisotopic (exact) mass is 336 g/mol. The molecule has 0 saturated heterocycles. The van der Waals surface area contributed by atoms with Gasteiger partial charge in [0.2, 0.25) is 0 Å². The van der Waals surface area contributed by atoms with Crippen molar-refractivity contribution >= 4 is 34.4 Å². The first kappa shape index (κ1) is 13.0. The molecule has 0 bridgehead atoms. The normalized spacial score (nSPS) is 11.0. The molecule has 0 aromatic carbocycles. The number of carbonyl (C=O) groups excluding carboxylic acids is 1. The Hall–Kier alpha value is -1.05. The molecule has 1 aromatic heterocycles. The molecule has 0 aliphatic carbocycles. The summed E-state index contributed by atoms with van der Waals surface area (Å²) < 4.78 is 6.41. The molecule has 0 aliphatic rings. The molecule has 0 radical (unpaired) electrons. The topological polar surface area (TPSA) is 65.3 Å². The Morgan fingerprint density at radius 3 is 2.69 bits per heavy atom. The summed E-state index contributed by atoms with van der Waals surface area (Å²) in [5, 5.41) is 13.5. The molecule has 16 heavy (non-hydrogen) atoms. The van der Waals surface area contributed by atoms with Crippen molar-refractivity contribution in [1.82, 2.24) is 0 Å². The highest BCUT2D eigenvalue weighted by Crippen LogP contribution is 2.16. The average Bonchev–Trinajstić information content (AvgIpc) is 2.06. The zero-order valence-corrected chi connectivity index (χ0v) is 11.4. The molecule has 0 saturated carbocycles. The van der Waals surface area contributed by atoms with E-state index in [0.29, 0.717) is 14.0 Å². The Morgan fingerprint density at radius 1 is 1.56 bits per heavy atom. The van der Waals surface area contributed by atoms with Crippen molar-refractivity contribution in [2.24, 2.45) is 0 Å². The highest BCUT2D eigenvalue weighted by Gasteiger charge is 2.17. The Morgan fingerprint density at radius 2 is 2.19 bits per heavy atom. The predicted octanol–water partition coefficient (Wildman–Crippen LogP) is 2.27. The number of hydrogen-bond acceptors (Lipinski definition) is 3. The first-order chi connectivity index (χ1) is 7.28. The van der Waals surface area contributed by atoms with Crippen LogP contribution in [0.3, 0.4) is 0 Å². The van der Waals surface area contributed by atoms with Crippen LogP contribution in [-0.4, -0.2) is 11.7 Å². The van der Waals surface area contributed by atoms with E-state index in [4.69, 9.17) is 4.74 Å². The van der Waals surface area contributed by atoms with Gasteiger partial charge in [-0.2, -0.15) is 4.73 Å². The number of anilines is 1. The van der Waals surface area contributed by atoms with Gasteiger partial charge < -0.3 is 9.94 Å². The largest absolute Gasteiger partial charge is 0.619 e. The summed E-state index contributed by atoms with van der Waals surface area (Å²) in [6, 6.07) is 1.53. The van der Waals surface area contributed by atoms with Gasteiger partial charge in [0.05, 0.1) is 5.69 Å². The summed E-state index contributed by atoms with van der Waals surface area (Å²) in [6.45, 7) is 5.36. The van der Waals surface area contributed by atoms with Gasteiger partial charge in [-0.25, -0.2) is 4.79 Å². The highest BCUT2D eigenvalue weighted by atomic mass is 127. The molecule has 1 amide bonds. The van der Waals surface area contributed by atoms with E-state index in [1.165, 1.54) is 18.5 Å². The van der Waals surface area contributed by atoms with Crippen molar-refractivity contribution in [2.45, 2.75) is 26.4 Å². The molecule has 88 valence electrons. The van der Waals surface area contributed by atoms with Crippen molar-refractivity contribution in [3.05, 3.63) is 27.2 Å². The second-order valence-electron chi connectivity index (χ2n) is 4.19. The highest BCUT2D eigenvalue weighted by molar-refractivity contribution is 14.1. The lowest BCUT2D eigenvalue weighted by atomic mass is 10.2. The van der Waals surface area contributed by atoms with Crippen LogP contribution in [0.1, 0.15) is 20.8 Å². The summed E-state index contributed by atoms with van der Waals surface area (Å²) in [5.74, 6) is 0. The fourth-order valence-corrected chi connectivity index (χ4v) is 1.56. The van der Waals surface area contributed by atoms with Crippen molar-refractivity contribution in [3.63, 3.8) is 0 Å². The minimum Gasteiger partial charge on any atom is -0.619 e. The van der Waals surface area contributed by atoms with Crippen molar-refractivity contribution in [3.8, 4) is 0 Å². The van der Waals surface area contributed by atoms with Gasteiger partial charge in [-0.05, 0) is 43.4 Å². The van der Waals surface area contributed by atoms with Crippen LogP contribution in [0.15, 0.2) is 18.5 Å². The van der Waals surface area contributed by atoms with Crippen LogP contribution in [0.25, 0.3) is 0 Å². The zero-order chi connectivity index (χ0) is 12.3. The van der Waals surface area contributed by atoms with E-state index in [-0.39, 0.29) is 0 Å². The lowest BCUT2D eigenvalue weighted by molar-refractivity contribution is -0.606. The maximum Gasteiger partial charge on any atom is 0.412 e. The smallest absolute Gasteiger partial charge is 0.412 e. The molecule has 0 unspecified atom stereocenters. The summed E-state index contributed by atoms with van der Waals surface area (Å²) in [6.07, 6.45) is 2.15. The third kappa shape index (κ3) is 4.21. The van der Waals surface area contributed by atoms with Crippen molar-refractivity contribution < 1.29 is 14.3 Å². The molecule has 1 rings (SSSR count). The SMILES string of the molecule is CC(C)(C)OC(=O)Nc1cc[n+]([O-])cc1I. The van der Waals surface area contributed by atoms with Crippen LogP contribution in [0.2, 0.25) is 0 Å². The van der Waals surface area contributed by atoms with Gasteiger partial charge in [0.1, 0.15) is 9.17 Å². The van der Waals surface area contributed by atoms with E-state index in [1.807, 2.05) is 22.6 Å². The molecule has 0 atom stereocenters. The Kier molecular flexibility index (Phi) is 3.95. The van der Waals surface area contributed by atoms with Gasteiger partial charge in [0.25, 0.3) is 0 Å². The third-order valence-electron chi connectivity index (χ3n) is 1.52. The predicted molar refractivity (Wildman–Crippen MR) is 68.0 cm³/mol. The van der Waals surface area contributed by atoms with E-state index >= 15 is 0 Å². The number of pyridine rings is 1. The van der Waals surface area contributed by atoms with Crippen LogP contribution in [0.4, 0.5) is 10.5 Å². The lowest BCUT2D eigenvalue weighted by Crippen LogP contribution is -2.29. The molecule has 0 spiro atoms. The van der Waals surface area contributed by atoms with Gasteiger partial charge in [0.15, 0.2) is 12.4 Å². The molecule has 0 aliphatic heterocycles. The van der Waals surface area contributed by atoms with Gasteiger partial charge in [-0.1, -0.05) is 0 Å². The zero-order valence-electron chi connectivity index (χ0n) is 9.28. The van der Waals surface area contributed by atoms with E-state index in [2.05, 4.69) is 5.32 Å². The van der Waals surface area contributed by atoms with Gasteiger partial charge in [-0.3, -0.25) is 5.32 Å².